The summed E-state index contributed by atoms with van der Waals surface area (Å²) in [5.41, 5.74) is 5.65. The first-order valence-corrected chi connectivity index (χ1v) is 6.88. The van der Waals surface area contributed by atoms with Crippen LogP contribution in [0.2, 0.25) is 0 Å². The molecule has 5 heteroatoms. The van der Waals surface area contributed by atoms with Gasteiger partial charge in [0.25, 0.3) is 0 Å². The number of likely N-dealkylation sites (N-methyl/N-ethyl adjacent to an activating group) is 1. The third-order valence-electron chi connectivity index (χ3n) is 3.96. The second-order valence-electron chi connectivity index (χ2n) is 5.50. The minimum Gasteiger partial charge on any atom is -0.326 e. The molecule has 0 heterocycles. The van der Waals surface area contributed by atoms with E-state index < -0.39 is 18.3 Å². The van der Waals surface area contributed by atoms with Crippen molar-refractivity contribution in [3.05, 3.63) is 0 Å². The van der Waals surface area contributed by atoms with E-state index in [1.807, 2.05) is 0 Å². The van der Waals surface area contributed by atoms with Gasteiger partial charge in [0, 0.05) is 12.6 Å². The molecule has 1 aliphatic rings. The van der Waals surface area contributed by atoms with Gasteiger partial charge in [-0.05, 0) is 32.2 Å². The van der Waals surface area contributed by atoms with E-state index in [0.29, 0.717) is 18.9 Å². The van der Waals surface area contributed by atoms with Crippen LogP contribution in [0.25, 0.3) is 0 Å². The Labute approximate surface area is 108 Å². The van der Waals surface area contributed by atoms with E-state index in [9.17, 15) is 13.2 Å². The third kappa shape index (κ3) is 4.43. The van der Waals surface area contributed by atoms with Gasteiger partial charge in [-0.3, -0.25) is 4.90 Å². The van der Waals surface area contributed by atoms with Gasteiger partial charge in [-0.25, -0.2) is 0 Å². The maximum absolute atomic E-state index is 13.0. The normalized spacial score (nSPS) is 22.2. The Balaban J connectivity index is 2.60. The van der Waals surface area contributed by atoms with Gasteiger partial charge in [0.1, 0.15) is 6.04 Å². The molecule has 1 saturated carbocycles. The smallest absolute Gasteiger partial charge is 0.326 e. The summed E-state index contributed by atoms with van der Waals surface area (Å²) in [6.07, 6.45) is 1.73. The van der Waals surface area contributed by atoms with Crippen LogP contribution in [0.5, 0.6) is 0 Å². The second kappa shape index (κ2) is 6.75. The van der Waals surface area contributed by atoms with E-state index in [1.165, 1.54) is 11.3 Å². The van der Waals surface area contributed by atoms with Crippen molar-refractivity contribution in [2.75, 3.05) is 13.6 Å². The molecule has 0 spiro atoms. The molecule has 0 radical (unpaired) electrons. The molecule has 0 aromatic carbocycles. The first-order valence-electron chi connectivity index (χ1n) is 6.88. The van der Waals surface area contributed by atoms with Crippen LogP contribution in [0.3, 0.4) is 0 Å². The zero-order valence-corrected chi connectivity index (χ0v) is 11.3. The van der Waals surface area contributed by atoms with Crippen molar-refractivity contribution in [2.45, 2.75) is 63.7 Å². The maximum atomic E-state index is 13.0. The fourth-order valence-corrected chi connectivity index (χ4v) is 2.93. The average Bonchev–Trinajstić information content (AvgIpc) is 2.28. The summed E-state index contributed by atoms with van der Waals surface area (Å²) >= 11 is 0. The summed E-state index contributed by atoms with van der Waals surface area (Å²) in [4.78, 5) is 1.42. The number of hydrogen-bond donors (Lipinski definition) is 1. The molecule has 0 aromatic rings. The Morgan fingerprint density at radius 2 is 1.78 bits per heavy atom. The highest BCUT2D eigenvalue weighted by Crippen LogP contribution is 2.30. The van der Waals surface area contributed by atoms with Gasteiger partial charge in [0.05, 0.1) is 0 Å². The molecule has 0 aromatic heterocycles. The molecule has 108 valence electrons. The van der Waals surface area contributed by atoms with E-state index in [2.05, 4.69) is 0 Å². The predicted molar refractivity (Wildman–Crippen MR) is 67.3 cm³/mol. The Kier molecular flexibility index (Phi) is 5.92. The number of nitrogens with two attached hydrogens (primary N) is 1. The summed E-state index contributed by atoms with van der Waals surface area (Å²) in [6.45, 7) is 2.22. The van der Waals surface area contributed by atoms with Crippen LogP contribution in [-0.2, 0) is 0 Å². The summed E-state index contributed by atoms with van der Waals surface area (Å²) in [6, 6.07) is -2.34. The standard InChI is InChI=1S/C13H25F3N2/c1-3-11(17)12(13(14,15)16)18(2)9-10-7-5-4-6-8-10/h10-12H,3-9,17H2,1-2H3. The zero-order valence-electron chi connectivity index (χ0n) is 11.3. The summed E-state index contributed by atoms with van der Waals surface area (Å²) in [5, 5.41) is 0. The molecule has 2 atom stereocenters. The van der Waals surface area contributed by atoms with E-state index >= 15 is 0 Å². The molecule has 1 rings (SSSR count). The third-order valence-corrected chi connectivity index (χ3v) is 3.96. The number of hydrogen-bond acceptors (Lipinski definition) is 2. The molecule has 0 amide bonds. The molecule has 1 fully saturated rings. The van der Waals surface area contributed by atoms with E-state index in [-0.39, 0.29) is 0 Å². The summed E-state index contributed by atoms with van der Waals surface area (Å²) in [5.74, 6) is 0.401. The van der Waals surface area contributed by atoms with Gasteiger partial charge in [-0.1, -0.05) is 26.2 Å². The quantitative estimate of drug-likeness (QED) is 0.828. The lowest BCUT2D eigenvalue weighted by atomic mass is 9.88. The first-order chi connectivity index (χ1) is 8.36. The average molecular weight is 266 g/mol. The summed E-state index contributed by atoms with van der Waals surface area (Å²) in [7, 11) is 1.56. The molecule has 2 N–H and O–H groups in total. The monoisotopic (exact) mass is 266 g/mol. The Hall–Kier alpha value is -0.290. The van der Waals surface area contributed by atoms with Crippen molar-refractivity contribution in [2.24, 2.45) is 11.7 Å². The van der Waals surface area contributed by atoms with Gasteiger partial charge >= 0.3 is 6.18 Å². The predicted octanol–water partition coefficient (Wildman–Crippen LogP) is 3.17. The minimum atomic E-state index is -4.24. The van der Waals surface area contributed by atoms with Crippen LogP contribution in [0.15, 0.2) is 0 Å². The van der Waals surface area contributed by atoms with Gasteiger partial charge in [-0.2, -0.15) is 13.2 Å². The Morgan fingerprint density at radius 3 is 2.22 bits per heavy atom. The van der Waals surface area contributed by atoms with Crippen molar-refractivity contribution < 1.29 is 13.2 Å². The number of halogens is 3. The van der Waals surface area contributed by atoms with Gasteiger partial charge in [-0.15, -0.1) is 0 Å². The van der Waals surface area contributed by atoms with Crippen LogP contribution < -0.4 is 5.73 Å². The lowest BCUT2D eigenvalue weighted by molar-refractivity contribution is -0.187. The largest absolute Gasteiger partial charge is 0.405 e. The maximum Gasteiger partial charge on any atom is 0.405 e. The highest BCUT2D eigenvalue weighted by atomic mass is 19.4. The van der Waals surface area contributed by atoms with Gasteiger partial charge in [0.15, 0.2) is 0 Å². The molecule has 0 bridgehead atoms. The van der Waals surface area contributed by atoms with Crippen molar-refractivity contribution in [3.63, 3.8) is 0 Å². The number of nitrogens with zero attached hydrogens (tertiary/aromatic N) is 1. The van der Waals surface area contributed by atoms with E-state index in [0.717, 1.165) is 25.7 Å². The van der Waals surface area contributed by atoms with Crippen molar-refractivity contribution in [3.8, 4) is 0 Å². The number of rotatable bonds is 5. The first kappa shape index (κ1) is 15.8. The van der Waals surface area contributed by atoms with Crippen LogP contribution >= 0.6 is 0 Å². The zero-order chi connectivity index (χ0) is 13.8. The van der Waals surface area contributed by atoms with Crippen molar-refractivity contribution in [1.82, 2.24) is 4.90 Å². The van der Waals surface area contributed by atoms with Crippen molar-refractivity contribution >= 4 is 0 Å². The lowest BCUT2D eigenvalue weighted by Crippen LogP contribution is -2.55. The molecule has 0 aliphatic heterocycles. The molecular weight excluding hydrogens is 241 g/mol. The SMILES string of the molecule is CCC(N)C(N(C)CC1CCCCC1)C(F)(F)F. The fraction of sp³-hybridized carbons (Fsp3) is 1.00. The van der Waals surface area contributed by atoms with E-state index in [1.54, 1.807) is 14.0 Å². The van der Waals surface area contributed by atoms with Crippen molar-refractivity contribution in [1.29, 1.82) is 0 Å². The Morgan fingerprint density at radius 1 is 1.22 bits per heavy atom. The molecule has 0 saturated heterocycles. The topological polar surface area (TPSA) is 29.3 Å². The van der Waals surface area contributed by atoms with Gasteiger partial charge < -0.3 is 5.73 Å². The molecule has 2 unspecified atom stereocenters. The van der Waals surface area contributed by atoms with Crippen LogP contribution in [0.1, 0.15) is 45.4 Å². The van der Waals surface area contributed by atoms with Gasteiger partial charge in [0.2, 0.25) is 0 Å². The highest BCUT2D eigenvalue weighted by Gasteiger charge is 2.45. The fourth-order valence-electron chi connectivity index (χ4n) is 2.93. The molecule has 1 aliphatic carbocycles. The second-order valence-corrected chi connectivity index (χ2v) is 5.50. The van der Waals surface area contributed by atoms with E-state index in [4.69, 9.17) is 5.73 Å². The minimum absolute atomic E-state index is 0.346. The summed E-state index contributed by atoms with van der Waals surface area (Å²) < 4.78 is 39.1. The van der Waals surface area contributed by atoms with Crippen LogP contribution in [0, 0.1) is 5.92 Å². The lowest BCUT2D eigenvalue weighted by Gasteiger charge is -2.36. The Bertz CT molecular complexity index is 237. The van der Waals surface area contributed by atoms with Crippen LogP contribution in [-0.4, -0.2) is 36.8 Å². The molecular formula is C13H25F3N2. The highest BCUT2D eigenvalue weighted by molar-refractivity contribution is 4.87. The number of alkyl halides is 3. The molecule has 18 heavy (non-hydrogen) atoms. The molecule has 2 nitrogen and oxygen atoms in total. The van der Waals surface area contributed by atoms with Crippen LogP contribution in [0.4, 0.5) is 13.2 Å².